The summed E-state index contributed by atoms with van der Waals surface area (Å²) in [6.45, 7) is 3.84. The van der Waals surface area contributed by atoms with Gasteiger partial charge in [-0.05, 0) is 25.9 Å². The molecule has 0 amide bonds. The molecule has 1 N–H and O–H groups in total. The number of hydrogen-bond acceptors (Lipinski definition) is 2. The Morgan fingerprint density at radius 3 is 2.83 bits per heavy atom. The molecule has 1 rings (SSSR count). The lowest BCUT2D eigenvalue weighted by Gasteiger charge is -2.33. The average Bonchev–Trinajstić information content (AvgIpc) is 2.04. The summed E-state index contributed by atoms with van der Waals surface area (Å²) in [5.41, 5.74) is 0. The first kappa shape index (κ1) is 9.52. The largest absolute Gasteiger partial charge is 0.481 e. The smallest absolute Gasteiger partial charge is 0.308 e. The zero-order valence-electron chi connectivity index (χ0n) is 7.79. The topological polar surface area (TPSA) is 40.5 Å². The molecule has 0 bridgehead atoms. The summed E-state index contributed by atoms with van der Waals surface area (Å²) in [6.07, 6.45) is 2.02. The molecule has 0 saturated carbocycles. The van der Waals surface area contributed by atoms with Crippen LogP contribution in [0.5, 0.6) is 0 Å². The van der Waals surface area contributed by atoms with Crippen molar-refractivity contribution < 1.29 is 9.90 Å². The van der Waals surface area contributed by atoms with Crippen LogP contribution in [-0.2, 0) is 4.79 Å². The zero-order chi connectivity index (χ0) is 9.14. The molecule has 12 heavy (non-hydrogen) atoms. The van der Waals surface area contributed by atoms with E-state index in [4.69, 9.17) is 5.11 Å². The second-order valence-electron chi connectivity index (χ2n) is 3.66. The van der Waals surface area contributed by atoms with E-state index in [9.17, 15) is 4.79 Å². The maximum absolute atomic E-state index is 10.8. The van der Waals surface area contributed by atoms with Crippen molar-refractivity contribution in [2.24, 2.45) is 11.8 Å². The number of carbonyl (C=O) groups is 1. The summed E-state index contributed by atoms with van der Waals surface area (Å²) in [6, 6.07) is 0. The van der Waals surface area contributed by atoms with Crippen LogP contribution in [0.2, 0.25) is 0 Å². The highest BCUT2D eigenvalue weighted by Gasteiger charge is 2.31. The summed E-state index contributed by atoms with van der Waals surface area (Å²) in [5, 5.41) is 8.93. The first-order valence-electron chi connectivity index (χ1n) is 4.56. The fraction of sp³-hybridized carbons (Fsp3) is 0.889. The second-order valence-corrected chi connectivity index (χ2v) is 3.66. The van der Waals surface area contributed by atoms with Gasteiger partial charge in [0.05, 0.1) is 5.92 Å². The maximum atomic E-state index is 10.8. The Balaban J connectivity index is 2.58. The van der Waals surface area contributed by atoms with Crippen molar-refractivity contribution in [2.45, 2.75) is 19.8 Å². The zero-order valence-corrected chi connectivity index (χ0v) is 7.79. The standard InChI is InChI=1S/C9H17NO2/c1-3-7-4-5-10(2)6-8(7)9(11)12/h7-8H,3-6H2,1-2H3,(H,11,12)/t7?,8-/m0/s1. The van der Waals surface area contributed by atoms with Gasteiger partial charge < -0.3 is 10.0 Å². The van der Waals surface area contributed by atoms with Crippen LogP contribution in [0, 0.1) is 11.8 Å². The molecular formula is C9H17NO2. The van der Waals surface area contributed by atoms with Gasteiger partial charge in [0.2, 0.25) is 0 Å². The van der Waals surface area contributed by atoms with Gasteiger partial charge in [0, 0.05) is 6.54 Å². The first-order valence-corrected chi connectivity index (χ1v) is 4.56. The van der Waals surface area contributed by atoms with E-state index in [1.54, 1.807) is 0 Å². The summed E-state index contributed by atoms with van der Waals surface area (Å²) in [4.78, 5) is 12.9. The third-order valence-electron chi connectivity index (χ3n) is 2.80. The molecule has 0 spiro atoms. The quantitative estimate of drug-likeness (QED) is 0.675. The molecule has 1 aliphatic rings. The summed E-state index contributed by atoms with van der Waals surface area (Å²) < 4.78 is 0. The van der Waals surface area contributed by atoms with Gasteiger partial charge in [0.15, 0.2) is 0 Å². The molecule has 0 radical (unpaired) electrons. The maximum Gasteiger partial charge on any atom is 0.308 e. The molecule has 70 valence electrons. The highest BCUT2D eigenvalue weighted by molar-refractivity contribution is 5.70. The van der Waals surface area contributed by atoms with E-state index < -0.39 is 5.97 Å². The second kappa shape index (κ2) is 3.90. The number of carboxylic acid groups (broad SMARTS) is 1. The van der Waals surface area contributed by atoms with Crippen molar-refractivity contribution in [3.8, 4) is 0 Å². The van der Waals surface area contributed by atoms with E-state index in [1.165, 1.54) is 0 Å². The van der Waals surface area contributed by atoms with Crippen LogP contribution in [-0.4, -0.2) is 36.1 Å². The number of piperidine rings is 1. The highest BCUT2D eigenvalue weighted by atomic mass is 16.4. The lowest BCUT2D eigenvalue weighted by atomic mass is 9.84. The van der Waals surface area contributed by atoms with Gasteiger partial charge in [-0.3, -0.25) is 4.79 Å². The molecule has 0 aromatic rings. The Labute approximate surface area is 73.4 Å². The van der Waals surface area contributed by atoms with Gasteiger partial charge in [0.25, 0.3) is 0 Å². The van der Waals surface area contributed by atoms with Gasteiger partial charge in [-0.15, -0.1) is 0 Å². The number of rotatable bonds is 2. The minimum atomic E-state index is -0.631. The molecule has 3 nitrogen and oxygen atoms in total. The lowest BCUT2D eigenvalue weighted by molar-refractivity contribution is -0.145. The Kier molecular flexibility index (Phi) is 3.09. The fourth-order valence-electron chi connectivity index (χ4n) is 1.93. The van der Waals surface area contributed by atoms with E-state index >= 15 is 0 Å². The van der Waals surface area contributed by atoms with E-state index in [2.05, 4.69) is 11.8 Å². The Bertz CT molecular complexity index is 170. The van der Waals surface area contributed by atoms with Crippen LogP contribution in [0.1, 0.15) is 19.8 Å². The Hall–Kier alpha value is -0.570. The van der Waals surface area contributed by atoms with Gasteiger partial charge in [-0.2, -0.15) is 0 Å². The average molecular weight is 171 g/mol. The first-order chi connectivity index (χ1) is 5.65. The highest BCUT2D eigenvalue weighted by Crippen LogP contribution is 2.25. The summed E-state index contributed by atoms with van der Waals surface area (Å²) >= 11 is 0. The van der Waals surface area contributed by atoms with Crippen LogP contribution in [0.15, 0.2) is 0 Å². The molecule has 1 unspecified atom stereocenters. The minimum absolute atomic E-state index is 0.145. The third-order valence-corrected chi connectivity index (χ3v) is 2.80. The number of likely N-dealkylation sites (tertiary alicyclic amines) is 1. The molecule has 3 heteroatoms. The van der Waals surface area contributed by atoms with Crippen molar-refractivity contribution in [2.75, 3.05) is 20.1 Å². The number of carboxylic acids is 1. The molecule has 0 aliphatic carbocycles. The van der Waals surface area contributed by atoms with E-state index in [0.717, 1.165) is 19.4 Å². The van der Waals surface area contributed by atoms with Crippen LogP contribution in [0.3, 0.4) is 0 Å². The van der Waals surface area contributed by atoms with Gasteiger partial charge in [0.1, 0.15) is 0 Å². The molecule has 0 aromatic heterocycles. The van der Waals surface area contributed by atoms with E-state index in [1.807, 2.05) is 7.05 Å². The number of hydrogen-bond donors (Lipinski definition) is 1. The lowest BCUT2D eigenvalue weighted by Crippen LogP contribution is -2.41. The van der Waals surface area contributed by atoms with Crippen molar-refractivity contribution in [1.82, 2.24) is 4.90 Å². The summed E-state index contributed by atoms with van der Waals surface area (Å²) in [7, 11) is 1.99. The Morgan fingerprint density at radius 2 is 2.33 bits per heavy atom. The predicted molar refractivity (Wildman–Crippen MR) is 47.0 cm³/mol. The number of aliphatic carboxylic acids is 1. The monoisotopic (exact) mass is 171 g/mol. The third kappa shape index (κ3) is 1.97. The van der Waals surface area contributed by atoms with Crippen molar-refractivity contribution in [3.63, 3.8) is 0 Å². The molecule has 1 heterocycles. The van der Waals surface area contributed by atoms with Crippen molar-refractivity contribution >= 4 is 5.97 Å². The minimum Gasteiger partial charge on any atom is -0.481 e. The van der Waals surface area contributed by atoms with Crippen LogP contribution in [0.25, 0.3) is 0 Å². The predicted octanol–water partition coefficient (Wildman–Crippen LogP) is 1.05. The summed E-state index contributed by atoms with van der Waals surface area (Å²) in [5.74, 6) is -0.388. The van der Waals surface area contributed by atoms with Gasteiger partial charge in [-0.1, -0.05) is 13.3 Å². The molecule has 1 fully saturated rings. The van der Waals surface area contributed by atoms with Crippen molar-refractivity contribution in [3.05, 3.63) is 0 Å². The van der Waals surface area contributed by atoms with Crippen molar-refractivity contribution in [1.29, 1.82) is 0 Å². The Morgan fingerprint density at radius 1 is 1.67 bits per heavy atom. The van der Waals surface area contributed by atoms with E-state index in [-0.39, 0.29) is 5.92 Å². The van der Waals surface area contributed by atoms with Crippen LogP contribution < -0.4 is 0 Å². The van der Waals surface area contributed by atoms with Crippen LogP contribution >= 0.6 is 0 Å². The van der Waals surface area contributed by atoms with E-state index in [0.29, 0.717) is 12.5 Å². The fourth-order valence-corrected chi connectivity index (χ4v) is 1.93. The SMILES string of the molecule is CCC1CCN(C)C[C@@H]1C(=O)O. The number of nitrogens with zero attached hydrogens (tertiary/aromatic N) is 1. The molecule has 0 aromatic carbocycles. The molecular weight excluding hydrogens is 154 g/mol. The van der Waals surface area contributed by atoms with Gasteiger partial charge in [-0.25, -0.2) is 0 Å². The van der Waals surface area contributed by atoms with Gasteiger partial charge >= 0.3 is 5.97 Å². The molecule has 1 saturated heterocycles. The molecule has 1 aliphatic heterocycles. The molecule has 2 atom stereocenters. The normalized spacial score (nSPS) is 31.8. The van der Waals surface area contributed by atoms with Crippen LogP contribution in [0.4, 0.5) is 0 Å².